The molecule has 0 bridgehead atoms. The smallest absolute Gasteiger partial charge is 0.338 e. The van der Waals surface area contributed by atoms with Gasteiger partial charge in [0.05, 0.1) is 11.7 Å². The van der Waals surface area contributed by atoms with Crippen molar-refractivity contribution < 1.29 is 19.8 Å². The first-order valence-electron chi connectivity index (χ1n) is 5.17. The number of nitrogens with one attached hydrogen (secondary N) is 1. The number of carboxylic acid groups (broad SMARTS) is 1. The SMILES string of the molecule is CC(O)CCNC(=O)c1ncccc1C(=O)O. The van der Waals surface area contributed by atoms with Crippen molar-refractivity contribution in [2.75, 3.05) is 6.54 Å². The van der Waals surface area contributed by atoms with Crippen molar-refractivity contribution in [3.63, 3.8) is 0 Å². The summed E-state index contributed by atoms with van der Waals surface area (Å²) < 4.78 is 0. The molecule has 0 fully saturated rings. The number of aromatic nitrogens is 1. The van der Waals surface area contributed by atoms with Gasteiger partial charge in [-0.2, -0.15) is 0 Å². The summed E-state index contributed by atoms with van der Waals surface area (Å²) in [4.78, 5) is 26.2. The zero-order valence-corrected chi connectivity index (χ0v) is 9.38. The molecule has 1 amide bonds. The van der Waals surface area contributed by atoms with Crippen LogP contribution in [0.4, 0.5) is 0 Å². The van der Waals surface area contributed by atoms with Gasteiger partial charge in [0.1, 0.15) is 5.69 Å². The summed E-state index contributed by atoms with van der Waals surface area (Å²) in [5.41, 5.74) is -0.257. The lowest BCUT2D eigenvalue weighted by Crippen LogP contribution is -2.28. The van der Waals surface area contributed by atoms with E-state index >= 15 is 0 Å². The number of aliphatic hydroxyl groups is 1. The van der Waals surface area contributed by atoms with Gasteiger partial charge in [-0.3, -0.25) is 9.78 Å². The van der Waals surface area contributed by atoms with Crippen LogP contribution in [0.2, 0.25) is 0 Å². The summed E-state index contributed by atoms with van der Waals surface area (Å²) in [7, 11) is 0. The highest BCUT2D eigenvalue weighted by atomic mass is 16.4. The highest BCUT2D eigenvalue weighted by Gasteiger charge is 2.16. The highest BCUT2D eigenvalue weighted by Crippen LogP contribution is 2.05. The molecule has 17 heavy (non-hydrogen) atoms. The van der Waals surface area contributed by atoms with Crippen molar-refractivity contribution in [3.8, 4) is 0 Å². The second kappa shape index (κ2) is 5.95. The number of aliphatic hydroxyl groups excluding tert-OH is 1. The van der Waals surface area contributed by atoms with Crippen LogP contribution < -0.4 is 5.32 Å². The summed E-state index contributed by atoms with van der Waals surface area (Å²) >= 11 is 0. The monoisotopic (exact) mass is 238 g/mol. The normalized spacial score (nSPS) is 11.9. The Morgan fingerprint density at radius 2 is 2.24 bits per heavy atom. The molecule has 1 atom stereocenters. The molecule has 3 N–H and O–H groups in total. The van der Waals surface area contributed by atoms with Gasteiger partial charge < -0.3 is 15.5 Å². The van der Waals surface area contributed by atoms with Crippen molar-refractivity contribution in [2.45, 2.75) is 19.4 Å². The molecule has 1 heterocycles. The topological polar surface area (TPSA) is 99.5 Å². The Morgan fingerprint density at radius 3 is 2.82 bits per heavy atom. The molecule has 1 rings (SSSR count). The lowest BCUT2D eigenvalue weighted by Gasteiger charge is -2.07. The number of amides is 1. The first-order chi connectivity index (χ1) is 8.02. The van der Waals surface area contributed by atoms with Crippen LogP contribution in [-0.2, 0) is 0 Å². The lowest BCUT2D eigenvalue weighted by molar-refractivity contribution is 0.0689. The van der Waals surface area contributed by atoms with Gasteiger partial charge in [0.25, 0.3) is 5.91 Å². The number of carbonyl (C=O) groups excluding carboxylic acids is 1. The molecule has 0 radical (unpaired) electrons. The van der Waals surface area contributed by atoms with E-state index in [2.05, 4.69) is 10.3 Å². The zero-order valence-electron chi connectivity index (χ0n) is 9.38. The maximum Gasteiger partial charge on any atom is 0.338 e. The summed E-state index contributed by atoms with van der Waals surface area (Å²) in [5.74, 6) is -1.75. The van der Waals surface area contributed by atoms with E-state index in [1.54, 1.807) is 6.92 Å². The fourth-order valence-corrected chi connectivity index (χ4v) is 1.24. The molecule has 0 saturated carbocycles. The average molecular weight is 238 g/mol. The van der Waals surface area contributed by atoms with Crippen LogP contribution in [0.15, 0.2) is 18.3 Å². The molecule has 0 aliphatic rings. The van der Waals surface area contributed by atoms with E-state index in [1.807, 2.05) is 0 Å². The van der Waals surface area contributed by atoms with Gasteiger partial charge in [-0.1, -0.05) is 0 Å². The Hall–Kier alpha value is -1.95. The standard InChI is InChI=1S/C11H14N2O4/c1-7(14)4-6-13-10(15)9-8(11(16)17)3-2-5-12-9/h2-3,5,7,14H,4,6H2,1H3,(H,13,15)(H,16,17). The average Bonchev–Trinajstić information content (AvgIpc) is 2.28. The molecule has 1 unspecified atom stereocenters. The number of aromatic carboxylic acids is 1. The first-order valence-corrected chi connectivity index (χ1v) is 5.17. The third-order valence-corrected chi connectivity index (χ3v) is 2.10. The molecule has 0 spiro atoms. The predicted molar refractivity (Wildman–Crippen MR) is 59.8 cm³/mol. The Balaban J connectivity index is 2.72. The molecule has 1 aromatic heterocycles. The third-order valence-electron chi connectivity index (χ3n) is 2.10. The number of carbonyl (C=O) groups is 2. The number of hydrogen-bond acceptors (Lipinski definition) is 4. The minimum Gasteiger partial charge on any atom is -0.478 e. The van der Waals surface area contributed by atoms with Crippen LogP contribution in [0.25, 0.3) is 0 Å². The molecule has 1 aromatic rings. The zero-order chi connectivity index (χ0) is 12.8. The fourth-order valence-electron chi connectivity index (χ4n) is 1.24. The maximum atomic E-state index is 11.6. The molecular formula is C11H14N2O4. The van der Waals surface area contributed by atoms with Gasteiger partial charge in [-0.25, -0.2) is 4.79 Å². The van der Waals surface area contributed by atoms with Crippen molar-refractivity contribution in [1.29, 1.82) is 0 Å². The van der Waals surface area contributed by atoms with E-state index in [9.17, 15) is 9.59 Å². The molecular weight excluding hydrogens is 224 g/mol. The molecule has 0 saturated heterocycles. The number of rotatable bonds is 5. The van der Waals surface area contributed by atoms with Gasteiger partial charge in [0.15, 0.2) is 0 Å². The minimum atomic E-state index is -1.20. The Morgan fingerprint density at radius 1 is 1.53 bits per heavy atom. The van der Waals surface area contributed by atoms with E-state index in [0.717, 1.165) is 0 Å². The van der Waals surface area contributed by atoms with Crippen LogP contribution in [0, 0.1) is 0 Å². The third kappa shape index (κ3) is 3.84. The van der Waals surface area contributed by atoms with Gasteiger partial charge >= 0.3 is 5.97 Å². The van der Waals surface area contributed by atoms with Gasteiger partial charge in [0.2, 0.25) is 0 Å². The van der Waals surface area contributed by atoms with Crippen LogP contribution >= 0.6 is 0 Å². The molecule has 6 heteroatoms. The van der Waals surface area contributed by atoms with Crippen LogP contribution in [-0.4, -0.2) is 39.7 Å². The molecule has 92 valence electrons. The molecule has 0 aliphatic heterocycles. The first kappa shape index (κ1) is 13.1. The van der Waals surface area contributed by atoms with Crippen molar-refractivity contribution >= 4 is 11.9 Å². The summed E-state index contributed by atoms with van der Waals surface area (Å²) in [6.45, 7) is 1.88. The minimum absolute atomic E-state index is 0.120. The van der Waals surface area contributed by atoms with Gasteiger partial charge in [-0.05, 0) is 25.5 Å². The number of carboxylic acids is 1. The van der Waals surface area contributed by atoms with Crippen LogP contribution in [0.5, 0.6) is 0 Å². The van der Waals surface area contributed by atoms with E-state index in [0.29, 0.717) is 6.42 Å². The van der Waals surface area contributed by atoms with Gasteiger partial charge in [0, 0.05) is 12.7 Å². The van der Waals surface area contributed by atoms with E-state index in [1.165, 1.54) is 18.3 Å². The summed E-state index contributed by atoms with van der Waals surface area (Å²) in [6.07, 6.45) is 1.25. The number of pyridine rings is 1. The fraction of sp³-hybridized carbons (Fsp3) is 0.364. The molecule has 0 aromatic carbocycles. The second-order valence-corrected chi connectivity index (χ2v) is 3.60. The predicted octanol–water partition coefficient (Wildman–Crippen LogP) is 0.280. The van der Waals surface area contributed by atoms with E-state index in [-0.39, 0.29) is 17.8 Å². The van der Waals surface area contributed by atoms with E-state index in [4.69, 9.17) is 10.2 Å². The maximum absolute atomic E-state index is 11.6. The molecule has 0 aliphatic carbocycles. The summed E-state index contributed by atoms with van der Waals surface area (Å²) in [5, 5.41) is 20.4. The number of nitrogens with zero attached hydrogens (tertiary/aromatic N) is 1. The lowest BCUT2D eigenvalue weighted by atomic mass is 10.2. The van der Waals surface area contributed by atoms with E-state index < -0.39 is 18.0 Å². The number of hydrogen-bond donors (Lipinski definition) is 3. The Labute approximate surface area is 98.3 Å². The molecule has 6 nitrogen and oxygen atoms in total. The quantitative estimate of drug-likeness (QED) is 0.684. The second-order valence-electron chi connectivity index (χ2n) is 3.60. The largest absolute Gasteiger partial charge is 0.478 e. The van der Waals surface area contributed by atoms with Gasteiger partial charge in [-0.15, -0.1) is 0 Å². The van der Waals surface area contributed by atoms with Crippen molar-refractivity contribution in [2.24, 2.45) is 0 Å². The van der Waals surface area contributed by atoms with Crippen molar-refractivity contribution in [3.05, 3.63) is 29.6 Å². The highest BCUT2D eigenvalue weighted by molar-refractivity contribution is 6.03. The van der Waals surface area contributed by atoms with Crippen LogP contribution in [0.3, 0.4) is 0 Å². The van der Waals surface area contributed by atoms with Crippen LogP contribution in [0.1, 0.15) is 34.2 Å². The Bertz CT molecular complexity index is 418. The summed E-state index contributed by atoms with van der Waals surface area (Å²) in [6, 6.07) is 2.77. The Kier molecular flexibility index (Phi) is 4.59. The van der Waals surface area contributed by atoms with Crippen molar-refractivity contribution in [1.82, 2.24) is 10.3 Å².